The third-order valence-electron chi connectivity index (χ3n) is 5.03. The third-order valence-corrected chi connectivity index (χ3v) is 5.03. The standard InChI is InChI=1S/C18H23F3N2O2/c19-18(20,21)14-4-3-7-16(12-14)25-13-17(24)23-10-8-22(9-11-23)15-5-1-2-6-15/h3-4,7,12,15H,1-2,5-6,8-11,13H2. The van der Waals surface area contributed by atoms with Crippen LogP contribution in [-0.2, 0) is 11.0 Å². The van der Waals surface area contributed by atoms with Crippen molar-refractivity contribution >= 4 is 5.91 Å². The summed E-state index contributed by atoms with van der Waals surface area (Å²) >= 11 is 0. The monoisotopic (exact) mass is 356 g/mol. The van der Waals surface area contributed by atoms with E-state index in [0.29, 0.717) is 19.1 Å². The minimum Gasteiger partial charge on any atom is -0.484 e. The average Bonchev–Trinajstić information content (AvgIpc) is 3.14. The Balaban J connectivity index is 1.47. The van der Waals surface area contributed by atoms with Gasteiger partial charge in [-0.2, -0.15) is 13.2 Å². The highest BCUT2D eigenvalue weighted by Gasteiger charge is 2.31. The number of benzene rings is 1. The number of ether oxygens (including phenoxy) is 1. The summed E-state index contributed by atoms with van der Waals surface area (Å²) in [5.41, 5.74) is -0.775. The van der Waals surface area contributed by atoms with Crippen LogP contribution in [0.5, 0.6) is 5.75 Å². The first-order valence-electron chi connectivity index (χ1n) is 8.75. The molecule has 25 heavy (non-hydrogen) atoms. The second-order valence-corrected chi connectivity index (χ2v) is 6.67. The average molecular weight is 356 g/mol. The summed E-state index contributed by atoms with van der Waals surface area (Å²) in [5.74, 6) is -0.115. The van der Waals surface area contributed by atoms with Crippen LogP contribution in [-0.4, -0.2) is 54.5 Å². The van der Waals surface area contributed by atoms with Crippen molar-refractivity contribution < 1.29 is 22.7 Å². The van der Waals surface area contributed by atoms with Crippen LogP contribution in [0, 0.1) is 0 Å². The van der Waals surface area contributed by atoms with Crippen molar-refractivity contribution in [1.82, 2.24) is 9.80 Å². The first kappa shape index (κ1) is 18.0. The van der Waals surface area contributed by atoms with Crippen LogP contribution < -0.4 is 4.74 Å². The number of hydrogen-bond acceptors (Lipinski definition) is 3. The number of rotatable bonds is 4. The van der Waals surface area contributed by atoms with Crippen molar-refractivity contribution in [3.63, 3.8) is 0 Å². The van der Waals surface area contributed by atoms with Gasteiger partial charge in [0.05, 0.1) is 5.56 Å². The molecule has 1 aliphatic carbocycles. The van der Waals surface area contributed by atoms with Gasteiger partial charge >= 0.3 is 6.18 Å². The third kappa shape index (κ3) is 4.66. The molecule has 0 spiro atoms. The van der Waals surface area contributed by atoms with Gasteiger partial charge in [-0.3, -0.25) is 9.69 Å². The molecule has 1 amide bonds. The van der Waals surface area contributed by atoms with E-state index in [1.807, 2.05) is 0 Å². The Hall–Kier alpha value is -1.76. The zero-order valence-corrected chi connectivity index (χ0v) is 14.1. The largest absolute Gasteiger partial charge is 0.484 e. The van der Waals surface area contributed by atoms with E-state index in [1.165, 1.54) is 37.8 Å². The van der Waals surface area contributed by atoms with E-state index in [-0.39, 0.29) is 18.3 Å². The Morgan fingerprint density at radius 2 is 1.80 bits per heavy atom. The summed E-state index contributed by atoms with van der Waals surface area (Å²) in [6, 6.07) is 5.27. The highest BCUT2D eigenvalue weighted by atomic mass is 19.4. The first-order chi connectivity index (χ1) is 11.9. The molecule has 4 nitrogen and oxygen atoms in total. The molecule has 7 heteroatoms. The zero-order chi connectivity index (χ0) is 17.9. The molecule has 1 aromatic carbocycles. The topological polar surface area (TPSA) is 32.8 Å². The fourth-order valence-corrected chi connectivity index (χ4v) is 3.60. The molecule has 0 aromatic heterocycles. The van der Waals surface area contributed by atoms with Crippen LogP contribution in [0.25, 0.3) is 0 Å². The molecule has 1 aromatic rings. The van der Waals surface area contributed by atoms with Gasteiger partial charge in [0, 0.05) is 32.2 Å². The predicted octanol–water partition coefficient (Wildman–Crippen LogP) is 3.17. The summed E-state index contributed by atoms with van der Waals surface area (Å²) in [5, 5.41) is 0. The summed E-state index contributed by atoms with van der Waals surface area (Å²) in [4.78, 5) is 16.4. The van der Waals surface area contributed by atoms with Crippen molar-refractivity contribution in [2.45, 2.75) is 37.9 Å². The van der Waals surface area contributed by atoms with Crippen molar-refractivity contribution in [2.75, 3.05) is 32.8 Å². The SMILES string of the molecule is O=C(COc1cccc(C(F)(F)F)c1)N1CCN(C2CCCC2)CC1. The van der Waals surface area contributed by atoms with Crippen LogP contribution in [0.15, 0.2) is 24.3 Å². The van der Waals surface area contributed by atoms with Crippen molar-refractivity contribution in [1.29, 1.82) is 0 Å². The number of alkyl halides is 3. The maximum atomic E-state index is 12.7. The second kappa shape index (κ2) is 7.64. The summed E-state index contributed by atoms with van der Waals surface area (Å²) in [7, 11) is 0. The number of carbonyl (C=O) groups is 1. The molecule has 138 valence electrons. The highest BCUT2D eigenvalue weighted by molar-refractivity contribution is 5.77. The lowest BCUT2D eigenvalue weighted by Gasteiger charge is -2.38. The fraction of sp³-hybridized carbons (Fsp3) is 0.611. The van der Waals surface area contributed by atoms with Gasteiger partial charge in [0.25, 0.3) is 5.91 Å². The molecule has 1 heterocycles. The molecule has 2 aliphatic rings. The smallest absolute Gasteiger partial charge is 0.416 e. The Morgan fingerprint density at radius 1 is 1.12 bits per heavy atom. The van der Waals surface area contributed by atoms with Crippen LogP contribution in [0.1, 0.15) is 31.2 Å². The molecule has 0 N–H and O–H groups in total. The summed E-state index contributed by atoms with van der Waals surface area (Å²) < 4.78 is 43.3. The second-order valence-electron chi connectivity index (χ2n) is 6.67. The highest BCUT2D eigenvalue weighted by Crippen LogP contribution is 2.31. The van der Waals surface area contributed by atoms with Gasteiger partial charge in [-0.25, -0.2) is 0 Å². The van der Waals surface area contributed by atoms with E-state index in [2.05, 4.69) is 4.90 Å². The first-order valence-corrected chi connectivity index (χ1v) is 8.75. The minimum absolute atomic E-state index is 0.0627. The van der Waals surface area contributed by atoms with E-state index in [0.717, 1.165) is 25.2 Å². The lowest BCUT2D eigenvalue weighted by molar-refractivity contribution is -0.137. The van der Waals surface area contributed by atoms with Gasteiger partial charge in [0.15, 0.2) is 6.61 Å². The molecule has 0 unspecified atom stereocenters. The van der Waals surface area contributed by atoms with Gasteiger partial charge in [-0.15, -0.1) is 0 Å². The maximum absolute atomic E-state index is 12.7. The van der Waals surface area contributed by atoms with E-state index in [1.54, 1.807) is 4.90 Å². The molecule has 0 bridgehead atoms. The Labute approximate surface area is 145 Å². The Morgan fingerprint density at radius 3 is 2.44 bits per heavy atom. The molecule has 1 saturated carbocycles. The van der Waals surface area contributed by atoms with Crippen molar-refractivity contribution in [3.05, 3.63) is 29.8 Å². The number of halogens is 3. The molecular weight excluding hydrogens is 333 g/mol. The predicted molar refractivity (Wildman–Crippen MR) is 87.3 cm³/mol. The summed E-state index contributed by atoms with van der Waals surface area (Å²) in [6.45, 7) is 2.80. The van der Waals surface area contributed by atoms with E-state index < -0.39 is 11.7 Å². The number of piperazine rings is 1. The summed E-state index contributed by atoms with van der Waals surface area (Å²) in [6.07, 6.45) is 0.641. The van der Waals surface area contributed by atoms with Gasteiger partial charge in [-0.1, -0.05) is 18.9 Å². The fourth-order valence-electron chi connectivity index (χ4n) is 3.60. The zero-order valence-electron chi connectivity index (χ0n) is 14.1. The van der Waals surface area contributed by atoms with Crippen LogP contribution in [0.2, 0.25) is 0 Å². The van der Waals surface area contributed by atoms with Gasteiger partial charge < -0.3 is 9.64 Å². The normalized spacial score (nSPS) is 20.0. The molecule has 3 rings (SSSR count). The molecule has 1 aliphatic heterocycles. The Kier molecular flexibility index (Phi) is 5.51. The number of amides is 1. The Bertz CT molecular complexity index is 592. The molecule has 0 atom stereocenters. The van der Waals surface area contributed by atoms with E-state index >= 15 is 0 Å². The van der Waals surface area contributed by atoms with E-state index in [4.69, 9.17) is 4.74 Å². The van der Waals surface area contributed by atoms with Gasteiger partial charge in [-0.05, 0) is 31.0 Å². The van der Waals surface area contributed by atoms with E-state index in [9.17, 15) is 18.0 Å². The molecular formula is C18H23F3N2O2. The van der Waals surface area contributed by atoms with Crippen molar-refractivity contribution in [2.24, 2.45) is 0 Å². The van der Waals surface area contributed by atoms with Crippen LogP contribution >= 0.6 is 0 Å². The van der Waals surface area contributed by atoms with Gasteiger partial charge in [0.2, 0.25) is 0 Å². The maximum Gasteiger partial charge on any atom is 0.416 e. The number of hydrogen-bond donors (Lipinski definition) is 0. The lowest BCUT2D eigenvalue weighted by atomic mass is 10.2. The van der Waals surface area contributed by atoms with Crippen molar-refractivity contribution in [3.8, 4) is 5.75 Å². The van der Waals surface area contributed by atoms with Crippen LogP contribution in [0.3, 0.4) is 0 Å². The molecule has 2 fully saturated rings. The quantitative estimate of drug-likeness (QED) is 0.831. The number of carbonyl (C=O) groups excluding carboxylic acids is 1. The van der Waals surface area contributed by atoms with Gasteiger partial charge in [0.1, 0.15) is 5.75 Å². The molecule has 0 radical (unpaired) electrons. The number of nitrogens with zero attached hydrogens (tertiary/aromatic N) is 2. The molecule has 1 saturated heterocycles. The lowest BCUT2D eigenvalue weighted by Crippen LogP contribution is -2.52. The van der Waals surface area contributed by atoms with Crippen LogP contribution in [0.4, 0.5) is 13.2 Å². The minimum atomic E-state index is -4.42.